The van der Waals surface area contributed by atoms with Crippen molar-refractivity contribution < 1.29 is 13.2 Å². The van der Waals surface area contributed by atoms with Gasteiger partial charge in [-0.2, -0.15) is 13.2 Å². The molecule has 2 rings (SSSR count). The number of alkyl halides is 3. The summed E-state index contributed by atoms with van der Waals surface area (Å²) in [7, 11) is 0. The molecule has 0 saturated heterocycles. The molecule has 0 amide bonds. The number of hydrogen-bond donors (Lipinski definition) is 1. The number of rotatable bonds is 3. The summed E-state index contributed by atoms with van der Waals surface area (Å²) in [6.45, 7) is 4.19. The van der Waals surface area contributed by atoms with Crippen molar-refractivity contribution in [1.82, 2.24) is 0 Å². The number of nitrogens with one attached hydrogen (secondary N) is 1. The maximum Gasteiger partial charge on any atom is 0.418 e. The van der Waals surface area contributed by atoms with Gasteiger partial charge in [0.25, 0.3) is 0 Å². The third-order valence-corrected chi connectivity index (χ3v) is 3.59. The largest absolute Gasteiger partial charge is 0.418 e. The first-order valence-corrected chi connectivity index (χ1v) is 6.82. The van der Waals surface area contributed by atoms with Crippen LogP contribution in [0.25, 0.3) is 0 Å². The molecule has 0 aliphatic rings. The molecule has 0 aromatic heterocycles. The molecule has 0 radical (unpaired) electrons. The molecule has 112 valence electrons. The zero-order valence-corrected chi connectivity index (χ0v) is 12.4. The molecule has 21 heavy (non-hydrogen) atoms. The van der Waals surface area contributed by atoms with Crippen molar-refractivity contribution in [3.05, 3.63) is 63.7 Å². The van der Waals surface area contributed by atoms with E-state index in [0.29, 0.717) is 6.54 Å². The second-order valence-electron chi connectivity index (χ2n) is 4.94. The van der Waals surface area contributed by atoms with Crippen LogP contribution in [0.2, 0.25) is 5.02 Å². The highest BCUT2D eigenvalue weighted by Crippen LogP contribution is 2.38. The van der Waals surface area contributed by atoms with Gasteiger partial charge in [0.05, 0.1) is 16.3 Å². The molecular formula is C16H15ClF3N. The quantitative estimate of drug-likeness (QED) is 0.779. The fraction of sp³-hybridized carbons (Fsp3) is 0.250. The summed E-state index contributed by atoms with van der Waals surface area (Å²) in [6.07, 6.45) is -4.43. The number of aryl methyl sites for hydroxylation is 2. The third kappa shape index (κ3) is 3.70. The van der Waals surface area contributed by atoms with E-state index >= 15 is 0 Å². The van der Waals surface area contributed by atoms with Gasteiger partial charge in [0, 0.05) is 6.54 Å². The first-order chi connectivity index (χ1) is 9.79. The van der Waals surface area contributed by atoms with E-state index in [1.807, 2.05) is 32.0 Å². The molecular weight excluding hydrogens is 299 g/mol. The van der Waals surface area contributed by atoms with E-state index in [9.17, 15) is 13.2 Å². The molecule has 0 spiro atoms. The summed E-state index contributed by atoms with van der Waals surface area (Å²) in [5.41, 5.74) is 2.26. The van der Waals surface area contributed by atoms with Gasteiger partial charge in [-0.25, -0.2) is 0 Å². The lowest BCUT2D eigenvalue weighted by Crippen LogP contribution is -2.11. The van der Waals surface area contributed by atoms with Gasteiger partial charge in [-0.1, -0.05) is 41.4 Å². The van der Waals surface area contributed by atoms with Crippen LogP contribution in [0.5, 0.6) is 0 Å². The van der Waals surface area contributed by atoms with Crippen LogP contribution in [0.4, 0.5) is 18.9 Å². The highest BCUT2D eigenvalue weighted by molar-refractivity contribution is 6.33. The van der Waals surface area contributed by atoms with Crippen molar-refractivity contribution in [2.75, 3.05) is 5.32 Å². The minimum absolute atomic E-state index is 0.0644. The van der Waals surface area contributed by atoms with E-state index in [1.54, 1.807) is 0 Å². The Hall–Kier alpha value is -1.68. The van der Waals surface area contributed by atoms with E-state index in [0.717, 1.165) is 22.8 Å². The Morgan fingerprint density at radius 3 is 2.43 bits per heavy atom. The van der Waals surface area contributed by atoms with Crippen molar-refractivity contribution in [3.63, 3.8) is 0 Å². The normalized spacial score (nSPS) is 11.5. The first-order valence-electron chi connectivity index (χ1n) is 6.45. The lowest BCUT2D eigenvalue weighted by molar-refractivity contribution is -0.136. The topological polar surface area (TPSA) is 12.0 Å². The van der Waals surface area contributed by atoms with Crippen molar-refractivity contribution in [2.45, 2.75) is 26.6 Å². The van der Waals surface area contributed by atoms with Gasteiger partial charge in [0.1, 0.15) is 0 Å². The fourth-order valence-electron chi connectivity index (χ4n) is 2.17. The number of anilines is 1. The molecule has 1 N–H and O–H groups in total. The molecule has 0 unspecified atom stereocenters. The Morgan fingerprint density at radius 2 is 1.81 bits per heavy atom. The highest BCUT2D eigenvalue weighted by Gasteiger charge is 2.34. The van der Waals surface area contributed by atoms with Gasteiger partial charge < -0.3 is 5.32 Å². The standard InChI is InChI=1S/C16H15ClF3N/c1-10-6-7-12(11(2)8-10)9-21-15-13(16(18,19)20)4-3-5-14(15)17/h3-8,21H,9H2,1-2H3. The summed E-state index contributed by atoms with van der Waals surface area (Å²) in [6, 6.07) is 9.60. The number of benzene rings is 2. The SMILES string of the molecule is Cc1ccc(CNc2c(Cl)cccc2C(F)(F)F)c(C)c1. The average molecular weight is 314 g/mol. The van der Waals surface area contributed by atoms with Crippen LogP contribution in [0.1, 0.15) is 22.3 Å². The Bertz CT molecular complexity index is 650. The van der Waals surface area contributed by atoms with Gasteiger partial charge in [0.15, 0.2) is 0 Å². The summed E-state index contributed by atoms with van der Waals surface area (Å²) in [4.78, 5) is 0. The third-order valence-electron chi connectivity index (χ3n) is 3.27. The van der Waals surface area contributed by atoms with E-state index < -0.39 is 11.7 Å². The second-order valence-corrected chi connectivity index (χ2v) is 5.35. The van der Waals surface area contributed by atoms with E-state index in [1.165, 1.54) is 12.1 Å². The Labute approximate surface area is 126 Å². The lowest BCUT2D eigenvalue weighted by atomic mass is 10.1. The fourth-order valence-corrected chi connectivity index (χ4v) is 2.41. The summed E-state index contributed by atoms with van der Waals surface area (Å²) in [5.74, 6) is 0. The van der Waals surface area contributed by atoms with Crippen LogP contribution in [-0.4, -0.2) is 0 Å². The molecule has 5 heteroatoms. The predicted octanol–water partition coefficient (Wildman–Crippen LogP) is 5.59. The van der Waals surface area contributed by atoms with Gasteiger partial charge in [-0.3, -0.25) is 0 Å². The molecule has 0 saturated carbocycles. The Kier molecular flexibility index (Phi) is 4.47. The maximum absolute atomic E-state index is 13.0. The molecule has 0 bridgehead atoms. The van der Waals surface area contributed by atoms with Crippen LogP contribution < -0.4 is 5.32 Å². The van der Waals surface area contributed by atoms with Crippen LogP contribution in [0.3, 0.4) is 0 Å². The van der Waals surface area contributed by atoms with Crippen LogP contribution in [-0.2, 0) is 12.7 Å². The molecule has 0 aliphatic carbocycles. The Morgan fingerprint density at radius 1 is 1.10 bits per heavy atom. The Balaban J connectivity index is 2.28. The van der Waals surface area contributed by atoms with Crippen LogP contribution in [0, 0.1) is 13.8 Å². The second kappa shape index (κ2) is 5.98. The first kappa shape index (κ1) is 15.7. The average Bonchev–Trinajstić information content (AvgIpc) is 2.37. The monoisotopic (exact) mass is 313 g/mol. The molecule has 0 atom stereocenters. The molecule has 1 nitrogen and oxygen atoms in total. The van der Waals surface area contributed by atoms with E-state index in [4.69, 9.17) is 11.6 Å². The smallest absolute Gasteiger partial charge is 0.379 e. The van der Waals surface area contributed by atoms with Crippen molar-refractivity contribution >= 4 is 17.3 Å². The number of hydrogen-bond acceptors (Lipinski definition) is 1. The zero-order chi connectivity index (χ0) is 15.6. The molecule has 2 aromatic rings. The van der Waals surface area contributed by atoms with Gasteiger partial charge in [-0.05, 0) is 37.1 Å². The molecule has 0 aliphatic heterocycles. The predicted molar refractivity (Wildman–Crippen MR) is 79.7 cm³/mol. The van der Waals surface area contributed by atoms with E-state index in [-0.39, 0.29) is 10.7 Å². The van der Waals surface area contributed by atoms with Crippen molar-refractivity contribution in [3.8, 4) is 0 Å². The minimum Gasteiger partial charge on any atom is -0.379 e. The van der Waals surface area contributed by atoms with Crippen LogP contribution in [0.15, 0.2) is 36.4 Å². The highest BCUT2D eigenvalue weighted by atomic mass is 35.5. The van der Waals surface area contributed by atoms with Gasteiger partial charge in [0.2, 0.25) is 0 Å². The maximum atomic E-state index is 13.0. The lowest BCUT2D eigenvalue weighted by Gasteiger charge is -2.17. The minimum atomic E-state index is -4.43. The number of halogens is 4. The summed E-state index contributed by atoms with van der Waals surface area (Å²) < 4.78 is 39.0. The summed E-state index contributed by atoms with van der Waals surface area (Å²) in [5, 5.41) is 2.88. The van der Waals surface area contributed by atoms with Gasteiger partial charge in [-0.15, -0.1) is 0 Å². The zero-order valence-electron chi connectivity index (χ0n) is 11.7. The van der Waals surface area contributed by atoms with Crippen molar-refractivity contribution in [2.24, 2.45) is 0 Å². The van der Waals surface area contributed by atoms with Crippen LogP contribution >= 0.6 is 11.6 Å². The van der Waals surface area contributed by atoms with E-state index in [2.05, 4.69) is 5.32 Å². The molecule has 0 heterocycles. The summed E-state index contributed by atoms with van der Waals surface area (Å²) >= 11 is 5.90. The molecule has 2 aromatic carbocycles. The van der Waals surface area contributed by atoms with Crippen molar-refractivity contribution in [1.29, 1.82) is 0 Å². The van der Waals surface area contributed by atoms with Gasteiger partial charge >= 0.3 is 6.18 Å². The molecule has 0 fully saturated rings. The number of para-hydroxylation sites is 1.